The molecular weight excluding hydrogens is 243 g/mol. The van der Waals surface area contributed by atoms with Crippen LogP contribution in [0.4, 0.5) is 10.1 Å². The number of nitrogens with zero attached hydrogens (tertiary/aromatic N) is 2. The normalized spacial score (nSPS) is 15.4. The van der Waals surface area contributed by atoms with Crippen molar-refractivity contribution in [2.24, 2.45) is 0 Å². The lowest BCUT2D eigenvalue weighted by Gasteiger charge is -2.17. The van der Waals surface area contributed by atoms with Crippen LogP contribution < -0.4 is 4.90 Å². The van der Waals surface area contributed by atoms with Gasteiger partial charge in [-0.3, -0.25) is 0 Å². The largest absolute Gasteiger partial charge is 0.368 e. The highest BCUT2D eigenvalue weighted by Gasteiger charge is 2.17. The second-order valence-corrected chi connectivity index (χ2v) is 10.5. The minimum Gasteiger partial charge on any atom is -0.368 e. The highest BCUT2D eigenvalue weighted by atomic mass is 28.3. The fourth-order valence-electron chi connectivity index (χ4n) is 1.94. The van der Waals surface area contributed by atoms with E-state index in [2.05, 4.69) is 41.0 Å². The third-order valence-corrected chi connectivity index (χ3v) is 3.72. The molecule has 4 heteroatoms. The predicted molar refractivity (Wildman–Crippen MR) is 75.9 cm³/mol. The van der Waals surface area contributed by atoms with Crippen molar-refractivity contribution in [3.63, 3.8) is 0 Å². The molecule has 2 nitrogen and oxygen atoms in total. The summed E-state index contributed by atoms with van der Waals surface area (Å²) in [6.07, 6.45) is 3.79. The molecule has 1 aliphatic rings. The first-order valence-electron chi connectivity index (χ1n) is 6.39. The van der Waals surface area contributed by atoms with Crippen molar-refractivity contribution in [2.45, 2.75) is 32.5 Å². The first-order valence-corrected chi connectivity index (χ1v) is 9.89. The zero-order chi connectivity index (χ0) is 13.2. The summed E-state index contributed by atoms with van der Waals surface area (Å²) in [5.74, 6) is 2.75. The summed E-state index contributed by atoms with van der Waals surface area (Å²) in [5, 5.41) is 0. The molecule has 0 unspecified atom stereocenters. The predicted octanol–water partition coefficient (Wildman–Crippen LogP) is 3.05. The van der Waals surface area contributed by atoms with E-state index in [-0.39, 0.29) is 5.95 Å². The van der Waals surface area contributed by atoms with E-state index < -0.39 is 8.07 Å². The molecule has 0 spiro atoms. The van der Waals surface area contributed by atoms with E-state index in [0.717, 1.165) is 31.5 Å². The molecule has 0 aromatic carbocycles. The van der Waals surface area contributed by atoms with Gasteiger partial charge in [-0.25, -0.2) is 4.98 Å². The third-order valence-electron chi connectivity index (χ3n) is 2.85. The van der Waals surface area contributed by atoms with E-state index in [9.17, 15) is 4.39 Å². The number of pyridine rings is 1. The Labute approximate surface area is 109 Å². The maximum absolute atomic E-state index is 13.7. The van der Waals surface area contributed by atoms with Gasteiger partial charge in [-0.05, 0) is 18.9 Å². The molecule has 1 aliphatic heterocycles. The number of rotatable bonds is 1. The smallest absolute Gasteiger partial charge is 0.236 e. The fourth-order valence-corrected chi connectivity index (χ4v) is 2.46. The van der Waals surface area contributed by atoms with Crippen LogP contribution in [0.5, 0.6) is 0 Å². The lowest BCUT2D eigenvalue weighted by atomic mass is 10.2. The minimum absolute atomic E-state index is 0.379. The standard InChI is InChI=1S/C14H19FN2Si/c1-18(2,3)9-6-12-10-13(14(15)16-11-12)17-7-4-5-8-17/h10-11H,4-5,7-8H2,1-3H3. The van der Waals surface area contributed by atoms with E-state index >= 15 is 0 Å². The summed E-state index contributed by atoms with van der Waals surface area (Å²) in [5.41, 5.74) is 4.71. The summed E-state index contributed by atoms with van der Waals surface area (Å²) in [7, 11) is -1.40. The lowest BCUT2D eigenvalue weighted by molar-refractivity contribution is 0.580. The van der Waals surface area contributed by atoms with E-state index in [1.54, 1.807) is 0 Å². The van der Waals surface area contributed by atoms with Crippen LogP contribution in [0.3, 0.4) is 0 Å². The molecule has 0 amide bonds. The van der Waals surface area contributed by atoms with Crippen molar-refractivity contribution < 1.29 is 4.39 Å². The van der Waals surface area contributed by atoms with Gasteiger partial charge in [0.1, 0.15) is 8.07 Å². The van der Waals surface area contributed by atoms with Gasteiger partial charge in [-0.2, -0.15) is 4.39 Å². The second kappa shape index (κ2) is 5.11. The summed E-state index contributed by atoms with van der Waals surface area (Å²) in [6, 6.07) is 1.83. The maximum Gasteiger partial charge on any atom is 0.236 e. The van der Waals surface area contributed by atoms with Crippen LogP contribution in [-0.4, -0.2) is 26.1 Å². The van der Waals surface area contributed by atoms with Crippen molar-refractivity contribution in [1.29, 1.82) is 0 Å². The molecule has 0 radical (unpaired) electrons. The van der Waals surface area contributed by atoms with Crippen molar-refractivity contribution in [2.75, 3.05) is 18.0 Å². The molecule has 0 atom stereocenters. The zero-order valence-corrected chi connectivity index (χ0v) is 12.3. The first kappa shape index (κ1) is 13.1. The summed E-state index contributed by atoms with van der Waals surface area (Å²) in [4.78, 5) is 5.89. The first-order chi connectivity index (χ1) is 8.46. The highest BCUT2D eigenvalue weighted by molar-refractivity contribution is 6.83. The quantitative estimate of drug-likeness (QED) is 0.439. The monoisotopic (exact) mass is 262 g/mol. The molecule has 1 fully saturated rings. The van der Waals surface area contributed by atoms with E-state index in [4.69, 9.17) is 0 Å². The molecule has 0 saturated carbocycles. The highest BCUT2D eigenvalue weighted by Crippen LogP contribution is 2.23. The van der Waals surface area contributed by atoms with E-state index in [1.807, 2.05) is 6.07 Å². The van der Waals surface area contributed by atoms with Gasteiger partial charge in [0.2, 0.25) is 5.95 Å². The molecule has 0 bridgehead atoms. The maximum atomic E-state index is 13.7. The number of halogens is 1. The van der Waals surface area contributed by atoms with Crippen LogP contribution in [0.15, 0.2) is 12.3 Å². The van der Waals surface area contributed by atoms with Crippen molar-refractivity contribution in [3.8, 4) is 11.5 Å². The summed E-state index contributed by atoms with van der Waals surface area (Å²) in [6.45, 7) is 8.42. The van der Waals surface area contributed by atoms with Crippen molar-refractivity contribution in [3.05, 3.63) is 23.8 Å². The Morgan fingerprint density at radius 1 is 1.28 bits per heavy atom. The molecule has 0 N–H and O–H groups in total. The van der Waals surface area contributed by atoms with Gasteiger partial charge in [0.25, 0.3) is 0 Å². The Kier molecular flexibility index (Phi) is 3.72. The van der Waals surface area contributed by atoms with Gasteiger partial charge in [0.05, 0.1) is 5.69 Å². The van der Waals surface area contributed by atoms with Crippen LogP contribution in [0.2, 0.25) is 19.6 Å². The van der Waals surface area contributed by atoms with Crippen LogP contribution >= 0.6 is 0 Å². The van der Waals surface area contributed by atoms with E-state index in [0.29, 0.717) is 5.69 Å². The van der Waals surface area contributed by atoms with Gasteiger partial charge >= 0.3 is 0 Å². The van der Waals surface area contributed by atoms with E-state index in [1.165, 1.54) is 6.20 Å². The van der Waals surface area contributed by atoms with Crippen molar-refractivity contribution in [1.82, 2.24) is 4.98 Å². The molecule has 1 aromatic heterocycles. The fraction of sp³-hybridized carbons (Fsp3) is 0.500. The van der Waals surface area contributed by atoms with Crippen LogP contribution in [0.1, 0.15) is 18.4 Å². The summed E-state index contributed by atoms with van der Waals surface area (Å²) < 4.78 is 13.7. The molecule has 18 heavy (non-hydrogen) atoms. The molecule has 1 aromatic rings. The average Bonchev–Trinajstić information content (AvgIpc) is 2.80. The SMILES string of the molecule is C[Si](C)(C)C#Cc1cnc(F)c(N2CCCC2)c1. The van der Waals surface area contributed by atoms with Crippen LogP contribution in [0, 0.1) is 17.4 Å². The van der Waals surface area contributed by atoms with Gasteiger partial charge in [-0.15, -0.1) is 5.54 Å². The number of hydrogen-bond acceptors (Lipinski definition) is 2. The number of hydrogen-bond donors (Lipinski definition) is 0. The van der Waals surface area contributed by atoms with Gasteiger partial charge in [0.15, 0.2) is 0 Å². The zero-order valence-electron chi connectivity index (χ0n) is 11.3. The second-order valence-electron chi connectivity index (χ2n) is 5.73. The lowest BCUT2D eigenvalue weighted by Crippen LogP contribution is -2.19. The van der Waals surface area contributed by atoms with Gasteiger partial charge in [-0.1, -0.05) is 25.6 Å². The third kappa shape index (κ3) is 3.33. The van der Waals surface area contributed by atoms with Gasteiger partial charge in [0, 0.05) is 24.8 Å². The molecule has 2 rings (SSSR count). The number of anilines is 1. The molecular formula is C14H19FN2Si. The average molecular weight is 262 g/mol. The Hall–Kier alpha value is -1.34. The Morgan fingerprint density at radius 2 is 1.94 bits per heavy atom. The topological polar surface area (TPSA) is 16.1 Å². The molecule has 96 valence electrons. The van der Waals surface area contributed by atoms with Crippen LogP contribution in [-0.2, 0) is 0 Å². The minimum atomic E-state index is -1.40. The molecule has 1 saturated heterocycles. The van der Waals surface area contributed by atoms with Gasteiger partial charge < -0.3 is 4.90 Å². The Bertz CT molecular complexity index is 491. The summed E-state index contributed by atoms with van der Waals surface area (Å²) >= 11 is 0. The molecule has 0 aliphatic carbocycles. The molecule has 2 heterocycles. The Balaban J connectivity index is 2.28. The Morgan fingerprint density at radius 3 is 2.56 bits per heavy atom. The van der Waals surface area contributed by atoms with Crippen molar-refractivity contribution >= 4 is 13.8 Å². The number of aromatic nitrogens is 1. The van der Waals surface area contributed by atoms with Crippen LogP contribution in [0.25, 0.3) is 0 Å².